The first-order chi connectivity index (χ1) is 6.00. The van der Waals surface area contributed by atoms with E-state index < -0.39 is 0 Å². The Kier molecular flexibility index (Phi) is 3.09. The van der Waals surface area contributed by atoms with Gasteiger partial charge in [0.1, 0.15) is 7.85 Å². The predicted molar refractivity (Wildman–Crippen MR) is 55.9 cm³/mol. The topological polar surface area (TPSA) is 42.0 Å². The number of thiazole rings is 1. The molecule has 0 aliphatic rings. The first-order valence-electron chi connectivity index (χ1n) is 4.04. The molecule has 1 amide bonds. The van der Waals surface area contributed by atoms with Gasteiger partial charge in [0.2, 0.25) is 5.91 Å². The van der Waals surface area contributed by atoms with Crippen molar-refractivity contribution in [2.24, 2.45) is 0 Å². The van der Waals surface area contributed by atoms with Crippen LogP contribution in [0.5, 0.6) is 0 Å². The summed E-state index contributed by atoms with van der Waals surface area (Å²) < 4.78 is 0. The predicted octanol–water partition coefficient (Wildman–Crippen LogP) is 1.02. The van der Waals surface area contributed by atoms with E-state index in [1.807, 2.05) is 13.8 Å². The van der Waals surface area contributed by atoms with E-state index in [2.05, 4.69) is 10.3 Å². The summed E-state index contributed by atoms with van der Waals surface area (Å²) >= 11 is 1.43. The van der Waals surface area contributed by atoms with Crippen molar-refractivity contribution >= 4 is 35.8 Å². The van der Waals surface area contributed by atoms with Crippen molar-refractivity contribution in [3.63, 3.8) is 0 Å². The fourth-order valence-corrected chi connectivity index (χ4v) is 1.89. The molecule has 13 heavy (non-hydrogen) atoms. The molecule has 0 bridgehead atoms. The Morgan fingerprint density at radius 2 is 2.23 bits per heavy atom. The zero-order valence-electron chi connectivity index (χ0n) is 7.92. The minimum atomic E-state index is -0.121. The fraction of sp³-hybridized carbons (Fsp3) is 0.500. The molecule has 0 spiro atoms. The number of amides is 1. The first kappa shape index (κ1) is 10.2. The molecule has 0 saturated heterocycles. The lowest BCUT2D eigenvalue weighted by atomic mass is 9.98. The van der Waals surface area contributed by atoms with Crippen LogP contribution < -0.4 is 10.9 Å². The van der Waals surface area contributed by atoms with Gasteiger partial charge >= 0.3 is 0 Å². The zero-order valence-corrected chi connectivity index (χ0v) is 8.73. The van der Waals surface area contributed by atoms with E-state index in [4.69, 9.17) is 7.85 Å². The molecular weight excluding hydrogens is 183 g/mol. The quantitative estimate of drug-likeness (QED) is 0.714. The van der Waals surface area contributed by atoms with Crippen molar-refractivity contribution < 1.29 is 4.79 Å². The average molecular weight is 194 g/mol. The average Bonchev–Trinajstić information content (AvgIpc) is 2.29. The summed E-state index contributed by atoms with van der Waals surface area (Å²) in [5, 5.41) is 3.19. The van der Waals surface area contributed by atoms with Crippen LogP contribution in [0.2, 0.25) is 0 Å². The monoisotopic (exact) mass is 194 g/mol. The normalized spacial score (nSPS) is 10.5. The van der Waals surface area contributed by atoms with Crippen LogP contribution >= 0.6 is 11.3 Å². The number of aromatic nitrogens is 1. The Morgan fingerprint density at radius 3 is 2.62 bits per heavy atom. The Labute approximate surface area is 83.0 Å². The van der Waals surface area contributed by atoms with Gasteiger partial charge < -0.3 is 5.32 Å². The summed E-state index contributed by atoms with van der Waals surface area (Å²) in [6.45, 7) is 5.54. The summed E-state index contributed by atoms with van der Waals surface area (Å²) in [4.78, 5) is 15.8. The second-order valence-electron chi connectivity index (χ2n) is 3.10. The molecule has 5 heteroatoms. The van der Waals surface area contributed by atoms with Crippen LogP contribution in [0, 0.1) is 0 Å². The maximum atomic E-state index is 10.7. The molecule has 1 aromatic heterocycles. The SMILES string of the molecule is [B]c1nc(NC(C)=O)sc1C(C)C. The molecular formula is C8H11BN2OS. The van der Waals surface area contributed by atoms with E-state index in [0.717, 1.165) is 4.88 Å². The van der Waals surface area contributed by atoms with Gasteiger partial charge in [-0.15, -0.1) is 11.3 Å². The van der Waals surface area contributed by atoms with E-state index >= 15 is 0 Å². The van der Waals surface area contributed by atoms with Crippen LogP contribution in [0.4, 0.5) is 5.13 Å². The number of rotatable bonds is 2. The largest absolute Gasteiger partial charge is 0.302 e. The highest BCUT2D eigenvalue weighted by molar-refractivity contribution is 7.16. The lowest BCUT2D eigenvalue weighted by molar-refractivity contribution is -0.114. The lowest BCUT2D eigenvalue weighted by Gasteiger charge is -1.99. The first-order valence-corrected chi connectivity index (χ1v) is 4.86. The number of carbonyl (C=O) groups excluding carboxylic acids is 1. The van der Waals surface area contributed by atoms with E-state index in [1.165, 1.54) is 18.3 Å². The summed E-state index contributed by atoms with van der Waals surface area (Å²) in [6, 6.07) is 0. The van der Waals surface area contributed by atoms with Crippen molar-refractivity contribution in [2.45, 2.75) is 26.7 Å². The van der Waals surface area contributed by atoms with Crippen LogP contribution in [0.15, 0.2) is 0 Å². The van der Waals surface area contributed by atoms with E-state index in [9.17, 15) is 4.79 Å². The zero-order chi connectivity index (χ0) is 10.0. The molecule has 1 heterocycles. The van der Waals surface area contributed by atoms with E-state index in [0.29, 0.717) is 16.6 Å². The lowest BCUT2D eigenvalue weighted by Crippen LogP contribution is -2.11. The summed E-state index contributed by atoms with van der Waals surface area (Å²) in [7, 11) is 5.67. The van der Waals surface area contributed by atoms with Gasteiger partial charge in [0.15, 0.2) is 5.13 Å². The smallest absolute Gasteiger partial charge is 0.223 e. The third-order valence-electron chi connectivity index (χ3n) is 1.49. The van der Waals surface area contributed by atoms with E-state index in [1.54, 1.807) is 0 Å². The van der Waals surface area contributed by atoms with Crippen LogP contribution in [0.3, 0.4) is 0 Å². The van der Waals surface area contributed by atoms with Crippen molar-refractivity contribution in [3.8, 4) is 0 Å². The standard InChI is InChI=1S/C8H11BN2OS/c1-4(2)6-7(9)11-8(13-6)10-5(3)12/h4H,1-3H3,(H,10,11,12). The second kappa shape index (κ2) is 3.92. The van der Waals surface area contributed by atoms with E-state index in [-0.39, 0.29) is 5.91 Å². The van der Waals surface area contributed by atoms with Crippen LogP contribution in [0.25, 0.3) is 0 Å². The Bertz CT molecular complexity index is 322. The fourth-order valence-electron chi connectivity index (χ4n) is 0.961. The van der Waals surface area contributed by atoms with Gasteiger partial charge in [0, 0.05) is 17.4 Å². The molecule has 0 fully saturated rings. The number of nitrogens with one attached hydrogen (secondary N) is 1. The third kappa shape index (κ3) is 2.55. The summed E-state index contributed by atoms with van der Waals surface area (Å²) in [6.07, 6.45) is 0. The molecule has 2 radical (unpaired) electrons. The molecule has 1 rings (SSSR count). The second-order valence-corrected chi connectivity index (χ2v) is 4.14. The molecule has 0 atom stereocenters. The van der Waals surface area contributed by atoms with Gasteiger partial charge in [0.25, 0.3) is 0 Å². The highest BCUT2D eigenvalue weighted by Gasteiger charge is 2.10. The molecule has 0 aliphatic carbocycles. The number of hydrogen-bond acceptors (Lipinski definition) is 3. The molecule has 3 nitrogen and oxygen atoms in total. The highest BCUT2D eigenvalue weighted by atomic mass is 32.1. The number of nitrogens with zero attached hydrogens (tertiary/aromatic N) is 1. The minimum absolute atomic E-state index is 0.121. The molecule has 68 valence electrons. The molecule has 1 N–H and O–H groups in total. The number of anilines is 1. The van der Waals surface area contributed by atoms with Gasteiger partial charge in [-0.2, -0.15) is 0 Å². The minimum Gasteiger partial charge on any atom is -0.302 e. The number of carbonyl (C=O) groups is 1. The highest BCUT2D eigenvalue weighted by Crippen LogP contribution is 2.22. The van der Waals surface area contributed by atoms with Gasteiger partial charge in [-0.1, -0.05) is 13.8 Å². The summed E-state index contributed by atoms with van der Waals surface area (Å²) in [5.74, 6) is 0.226. The Morgan fingerprint density at radius 1 is 1.62 bits per heavy atom. The molecule has 0 aliphatic heterocycles. The molecule has 0 saturated carbocycles. The van der Waals surface area contributed by atoms with Gasteiger partial charge in [-0.25, -0.2) is 4.98 Å². The van der Waals surface area contributed by atoms with Crippen molar-refractivity contribution in [2.75, 3.05) is 5.32 Å². The van der Waals surface area contributed by atoms with Crippen molar-refractivity contribution in [1.82, 2.24) is 4.98 Å². The van der Waals surface area contributed by atoms with Gasteiger partial charge in [-0.05, 0) is 5.92 Å². The van der Waals surface area contributed by atoms with Crippen LogP contribution in [0.1, 0.15) is 31.6 Å². The van der Waals surface area contributed by atoms with Crippen LogP contribution in [-0.4, -0.2) is 18.7 Å². The van der Waals surface area contributed by atoms with Gasteiger partial charge in [0.05, 0.1) is 0 Å². The van der Waals surface area contributed by atoms with Crippen LogP contribution in [-0.2, 0) is 4.79 Å². The Hall–Kier alpha value is -0.835. The number of hydrogen-bond donors (Lipinski definition) is 1. The third-order valence-corrected chi connectivity index (χ3v) is 2.78. The maximum absolute atomic E-state index is 10.7. The van der Waals surface area contributed by atoms with Gasteiger partial charge in [-0.3, -0.25) is 4.79 Å². The van der Waals surface area contributed by atoms with Crippen molar-refractivity contribution in [1.29, 1.82) is 0 Å². The maximum Gasteiger partial charge on any atom is 0.223 e. The summed E-state index contributed by atoms with van der Waals surface area (Å²) in [5.41, 5.74) is 0.517. The Balaban J connectivity index is 2.88. The van der Waals surface area contributed by atoms with Crippen molar-refractivity contribution in [3.05, 3.63) is 4.88 Å². The molecule has 0 unspecified atom stereocenters. The molecule has 1 aromatic rings. The molecule has 0 aromatic carbocycles.